The molecule has 0 N–H and O–H groups in total. The van der Waals surface area contributed by atoms with Gasteiger partial charge in [0, 0.05) is 88.6 Å². The van der Waals surface area contributed by atoms with Crippen LogP contribution in [0.5, 0.6) is 0 Å². The first-order valence-electron chi connectivity index (χ1n) is 11.1. The fraction of sp³-hybridized carbons (Fsp3) is 0.500. The zero-order valence-electron chi connectivity index (χ0n) is 18.2. The second-order valence-corrected chi connectivity index (χ2v) is 8.59. The van der Waals surface area contributed by atoms with Crippen LogP contribution in [0, 0.1) is 0 Å². The normalized spacial score (nSPS) is 18.8. The first kappa shape index (κ1) is 20.8. The van der Waals surface area contributed by atoms with Gasteiger partial charge in [-0.1, -0.05) is 0 Å². The molecule has 2 aromatic rings. The van der Waals surface area contributed by atoms with E-state index in [4.69, 9.17) is 0 Å². The van der Waals surface area contributed by atoms with Gasteiger partial charge in [0.2, 0.25) is 0 Å². The van der Waals surface area contributed by atoms with E-state index in [0.717, 1.165) is 64.5 Å². The third-order valence-corrected chi connectivity index (χ3v) is 6.34. The zero-order valence-corrected chi connectivity index (χ0v) is 18.2. The molecule has 1 aromatic carbocycles. The Balaban J connectivity index is 1.28. The number of carbonyl (C=O) groups excluding carboxylic acids is 1. The molecule has 2 saturated heterocycles. The summed E-state index contributed by atoms with van der Waals surface area (Å²) in [4.78, 5) is 26.4. The summed E-state index contributed by atoms with van der Waals surface area (Å²) in [6.45, 7) is 13.1. The lowest BCUT2D eigenvalue weighted by Crippen LogP contribution is -2.49. The molecule has 2 fully saturated rings. The number of piperazine rings is 2. The van der Waals surface area contributed by atoms with E-state index in [2.05, 4.69) is 57.8 Å². The molecule has 160 valence electrons. The molecule has 6 heteroatoms. The highest BCUT2D eigenvalue weighted by atomic mass is 16.2. The molecule has 1 aromatic heterocycles. The van der Waals surface area contributed by atoms with Gasteiger partial charge in [-0.25, -0.2) is 0 Å². The van der Waals surface area contributed by atoms with E-state index < -0.39 is 0 Å². The van der Waals surface area contributed by atoms with Gasteiger partial charge in [0.15, 0.2) is 0 Å². The standard InChI is InChI=1S/C24H33N5O/c1-20(2)27-15-17-28(18-16-27)23-5-3-22(4-6-23)24(30)29-13-11-26(12-14-29)19-21-7-9-25-10-8-21/h3-10,20H,11-19H2,1-2H3. The number of rotatable bonds is 5. The van der Waals surface area contributed by atoms with E-state index in [-0.39, 0.29) is 5.91 Å². The molecule has 0 saturated carbocycles. The van der Waals surface area contributed by atoms with Crippen molar-refractivity contribution in [3.05, 3.63) is 59.9 Å². The molecule has 30 heavy (non-hydrogen) atoms. The number of hydrogen-bond donors (Lipinski definition) is 0. The molecule has 1 amide bonds. The Bertz CT molecular complexity index is 807. The minimum atomic E-state index is 0.148. The summed E-state index contributed by atoms with van der Waals surface area (Å²) < 4.78 is 0. The number of nitrogens with zero attached hydrogens (tertiary/aromatic N) is 5. The predicted octanol–water partition coefficient (Wildman–Crippen LogP) is 2.57. The Kier molecular flexibility index (Phi) is 6.65. The van der Waals surface area contributed by atoms with Gasteiger partial charge in [-0.2, -0.15) is 0 Å². The fourth-order valence-electron chi connectivity index (χ4n) is 4.35. The molecule has 4 rings (SSSR count). The lowest BCUT2D eigenvalue weighted by atomic mass is 10.1. The maximum absolute atomic E-state index is 12.9. The van der Waals surface area contributed by atoms with Gasteiger partial charge in [0.05, 0.1) is 0 Å². The lowest BCUT2D eigenvalue weighted by Gasteiger charge is -2.38. The predicted molar refractivity (Wildman–Crippen MR) is 121 cm³/mol. The molecule has 0 radical (unpaired) electrons. The number of anilines is 1. The molecule has 0 atom stereocenters. The van der Waals surface area contributed by atoms with E-state index in [0.29, 0.717) is 6.04 Å². The average Bonchev–Trinajstić information content (AvgIpc) is 2.80. The quantitative estimate of drug-likeness (QED) is 0.762. The molecule has 0 aliphatic carbocycles. The number of aromatic nitrogens is 1. The zero-order chi connectivity index (χ0) is 20.9. The highest BCUT2D eigenvalue weighted by Crippen LogP contribution is 2.19. The molecule has 6 nitrogen and oxygen atoms in total. The topological polar surface area (TPSA) is 42.9 Å². The minimum absolute atomic E-state index is 0.148. The van der Waals surface area contributed by atoms with Crippen LogP contribution in [0.1, 0.15) is 29.8 Å². The van der Waals surface area contributed by atoms with Crippen LogP contribution in [0.25, 0.3) is 0 Å². The van der Waals surface area contributed by atoms with E-state index in [1.807, 2.05) is 29.4 Å². The average molecular weight is 408 g/mol. The largest absolute Gasteiger partial charge is 0.369 e. The van der Waals surface area contributed by atoms with Crippen LogP contribution in [0.4, 0.5) is 5.69 Å². The van der Waals surface area contributed by atoms with Crippen molar-refractivity contribution in [2.75, 3.05) is 57.3 Å². The number of carbonyl (C=O) groups is 1. The summed E-state index contributed by atoms with van der Waals surface area (Å²) in [5.41, 5.74) is 3.29. The van der Waals surface area contributed by atoms with Gasteiger partial charge in [0.1, 0.15) is 0 Å². The summed E-state index contributed by atoms with van der Waals surface area (Å²) in [5, 5.41) is 0. The van der Waals surface area contributed by atoms with Gasteiger partial charge < -0.3 is 9.80 Å². The molecule has 2 aliphatic heterocycles. The molecular weight excluding hydrogens is 374 g/mol. The molecule has 0 spiro atoms. The Morgan fingerprint density at radius 1 is 0.867 bits per heavy atom. The molecule has 2 aliphatic rings. The van der Waals surface area contributed by atoms with Crippen molar-refractivity contribution < 1.29 is 4.79 Å². The third kappa shape index (κ3) is 4.99. The van der Waals surface area contributed by atoms with Crippen molar-refractivity contribution in [3.8, 4) is 0 Å². The van der Waals surface area contributed by atoms with Gasteiger partial charge >= 0.3 is 0 Å². The smallest absolute Gasteiger partial charge is 0.253 e. The third-order valence-electron chi connectivity index (χ3n) is 6.34. The monoisotopic (exact) mass is 407 g/mol. The molecule has 0 bridgehead atoms. The van der Waals surface area contributed by atoms with Gasteiger partial charge in [-0.3, -0.25) is 19.6 Å². The number of hydrogen-bond acceptors (Lipinski definition) is 5. The summed E-state index contributed by atoms with van der Waals surface area (Å²) in [7, 11) is 0. The fourth-order valence-corrected chi connectivity index (χ4v) is 4.35. The Morgan fingerprint density at radius 2 is 1.50 bits per heavy atom. The minimum Gasteiger partial charge on any atom is -0.369 e. The van der Waals surface area contributed by atoms with Gasteiger partial charge in [-0.15, -0.1) is 0 Å². The van der Waals surface area contributed by atoms with E-state index in [1.165, 1.54) is 11.3 Å². The highest BCUT2D eigenvalue weighted by Gasteiger charge is 2.23. The van der Waals surface area contributed by atoms with Crippen LogP contribution in [0.2, 0.25) is 0 Å². The van der Waals surface area contributed by atoms with E-state index in [9.17, 15) is 4.79 Å². The number of amides is 1. The van der Waals surface area contributed by atoms with Crippen molar-refractivity contribution in [1.82, 2.24) is 19.7 Å². The van der Waals surface area contributed by atoms with Crippen molar-refractivity contribution in [2.24, 2.45) is 0 Å². The van der Waals surface area contributed by atoms with Crippen LogP contribution in [-0.2, 0) is 6.54 Å². The van der Waals surface area contributed by atoms with Crippen LogP contribution in [0.15, 0.2) is 48.8 Å². The van der Waals surface area contributed by atoms with Crippen LogP contribution in [0.3, 0.4) is 0 Å². The Morgan fingerprint density at radius 3 is 2.10 bits per heavy atom. The van der Waals surface area contributed by atoms with Crippen LogP contribution >= 0.6 is 0 Å². The molecule has 0 unspecified atom stereocenters. The number of pyridine rings is 1. The van der Waals surface area contributed by atoms with Crippen molar-refractivity contribution in [2.45, 2.75) is 26.4 Å². The second kappa shape index (κ2) is 9.58. The van der Waals surface area contributed by atoms with Crippen LogP contribution in [-0.4, -0.2) is 84.0 Å². The first-order chi connectivity index (χ1) is 14.6. The van der Waals surface area contributed by atoms with E-state index in [1.54, 1.807) is 0 Å². The van der Waals surface area contributed by atoms with Crippen molar-refractivity contribution >= 4 is 11.6 Å². The van der Waals surface area contributed by atoms with E-state index >= 15 is 0 Å². The number of benzene rings is 1. The Hall–Kier alpha value is -2.44. The van der Waals surface area contributed by atoms with Gasteiger partial charge in [0.25, 0.3) is 5.91 Å². The lowest BCUT2D eigenvalue weighted by molar-refractivity contribution is 0.0628. The van der Waals surface area contributed by atoms with Crippen molar-refractivity contribution in [3.63, 3.8) is 0 Å². The summed E-state index contributed by atoms with van der Waals surface area (Å²) in [6, 6.07) is 12.9. The summed E-state index contributed by atoms with van der Waals surface area (Å²) in [6.07, 6.45) is 3.67. The summed E-state index contributed by atoms with van der Waals surface area (Å²) >= 11 is 0. The summed E-state index contributed by atoms with van der Waals surface area (Å²) in [5.74, 6) is 0.148. The van der Waals surface area contributed by atoms with Crippen molar-refractivity contribution in [1.29, 1.82) is 0 Å². The highest BCUT2D eigenvalue weighted by molar-refractivity contribution is 5.94. The maximum atomic E-state index is 12.9. The van der Waals surface area contributed by atoms with Crippen LogP contribution < -0.4 is 4.90 Å². The SMILES string of the molecule is CC(C)N1CCN(c2ccc(C(=O)N3CCN(Cc4ccncc4)CC3)cc2)CC1. The molecule has 3 heterocycles. The maximum Gasteiger partial charge on any atom is 0.253 e. The Labute approximate surface area is 180 Å². The molecular formula is C24H33N5O. The second-order valence-electron chi connectivity index (χ2n) is 8.59. The first-order valence-corrected chi connectivity index (χ1v) is 11.1. The van der Waals surface area contributed by atoms with Gasteiger partial charge in [-0.05, 0) is 55.8 Å².